The van der Waals surface area contributed by atoms with E-state index in [9.17, 15) is 8.42 Å². The van der Waals surface area contributed by atoms with Crippen molar-refractivity contribution in [3.8, 4) is 0 Å². The molecular weight excluding hydrogens is 332 g/mol. The Balaban J connectivity index is 1.75. The van der Waals surface area contributed by atoms with Gasteiger partial charge in [0.05, 0.1) is 5.75 Å². The predicted octanol–water partition coefficient (Wildman–Crippen LogP) is 0.730. The third kappa shape index (κ3) is 6.04. The molecule has 2 rings (SSSR count). The molecule has 0 aliphatic carbocycles. The molecule has 0 atom stereocenters. The van der Waals surface area contributed by atoms with E-state index < -0.39 is 10.0 Å². The smallest absolute Gasteiger partial charge is 0.215 e. The SMILES string of the molecule is CN=C(NCCS(=O)(=O)N1CCSCC1)NCc1ccccc1. The number of sulfonamides is 1. The first-order valence-electron chi connectivity index (χ1n) is 7.66. The molecule has 128 valence electrons. The predicted molar refractivity (Wildman–Crippen MR) is 97.3 cm³/mol. The molecule has 0 radical (unpaired) electrons. The molecule has 0 bridgehead atoms. The first-order chi connectivity index (χ1) is 11.1. The van der Waals surface area contributed by atoms with Crippen LogP contribution in [0.4, 0.5) is 0 Å². The number of nitrogens with one attached hydrogen (secondary N) is 2. The maximum absolute atomic E-state index is 12.3. The number of thioether (sulfide) groups is 1. The Bertz CT molecular complexity index is 599. The van der Waals surface area contributed by atoms with Crippen LogP contribution >= 0.6 is 11.8 Å². The highest BCUT2D eigenvalue weighted by molar-refractivity contribution is 7.99. The lowest BCUT2D eigenvalue weighted by molar-refractivity contribution is 0.443. The molecule has 0 spiro atoms. The molecule has 0 aromatic heterocycles. The Labute approximate surface area is 142 Å². The fourth-order valence-electron chi connectivity index (χ4n) is 2.25. The maximum atomic E-state index is 12.3. The van der Waals surface area contributed by atoms with Crippen LogP contribution < -0.4 is 10.6 Å². The molecule has 6 nitrogen and oxygen atoms in total. The minimum Gasteiger partial charge on any atom is -0.355 e. The van der Waals surface area contributed by atoms with Crippen molar-refractivity contribution in [2.45, 2.75) is 6.54 Å². The quantitative estimate of drug-likeness (QED) is 0.581. The van der Waals surface area contributed by atoms with Gasteiger partial charge >= 0.3 is 0 Å². The molecule has 1 aliphatic heterocycles. The van der Waals surface area contributed by atoms with Crippen molar-refractivity contribution < 1.29 is 8.42 Å². The molecule has 1 fully saturated rings. The Morgan fingerprint density at radius 1 is 1.22 bits per heavy atom. The molecule has 23 heavy (non-hydrogen) atoms. The Morgan fingerprint density at radius 2 is 1.91 bits per heavy atom. The maximum Gasteiger partial charge on any atom is 0.215 e. The van der Waals surface area contributed by atoms with Crippen molar-refractivity contribution in [1.82, 2.24) is 14.9 Å². The van der Waals surface area contributed by atoms with Crippen LogP contribution in [0.15, 0.2) is 35.3 Å². The molecule has 2 N–H and O–H groups in total. The standard InChI is InChI=1S/C15H24N4O2S2/c1-16-15(18-13-14-5-3-2-4-6-14)17-7-12-23(20,21)19-8-10-22-11-9-19/h2-6H,7-13H2,1H3,(H2,16,17,18). The first kappa shape index (κ1) is 18.1. The number of guanidine groups is 1. The van der Waals surface area contributed by atoms with E-state index in [4.69, 9.17) is 0 Å². The normalized spacial score (nSPS) is 17.0. The zero-order valence-corrected chi connectivity index (χ0v) is 15.0. The van der Waals surface area contributed by atoms with Gasteiger partial charge in [0, 0.05) is 44.7 Å². The van der Waals surface area contributed by atoms with Crippen LogP contribution in [0.2, 0.25) is 0 Å². The second kappa shape index (κ2) is 9.14. The third-order valence-corrected chi connectivity index (χ3v) is 6.36. The lowest BCUT2D eigenvalue weighted by atomic mass is 10.2. The molecule has 1 aliphatic rings. The molecule has 0 unspecified atom stereocenters. The summed E-state index contributed by atoms with van der Waals surface area (Å²) in [5, 5.41) is 6.24. The molecular formula is C15H24N4O2S2. The molecule has 1 aromatic carbocycles. The van der Waals surface area contributed by atoms with Crippen molar-refractivity contribution in [1.29, 1.82) is 0 Å². The van der Waals surface area contributed by atoms with Crippen molar-refractivity contribution in [3.05, 3.63) is 35.9 Å². The molecule has 0 saturated carbocycles. The lowest BCUT2D eigenvalue weighted by Gasteiger charge is -2.25. The number of benzene rings is 1. The van der Waals surface area contributed by atoms with Crippen LogP contribution in [0.1, 0.15) is 5.56 Å². The van der Waals surface area contributed by atoms with Crippen LogP contribution in [-0.2, 0) is 16.6 Å². The van der Waals surface area contributed by atoms with Crippen LogP contribution in [0.3, 0.4) is 0 Å². The summed E-state index contributed by atoms with van der Waals surface area (Å²) in [6, 6.07) is 9.99. The summed E-state index contributed by atoms with van der Waals surface area (Å²) in [5.74, 6) is 2.46. The summed E-state index contributed by atoms with van der Waals surface area (Å²) in [5.41, 5.74) is 1.15. The number of hydrogen-bond donors (Lipinski definition) is 2. The number of hydrogen-bond acceptors (Lipinski definition) is 4. The van der Waals surface area contributed by atoms with Gasteiger partial charge in [-0.25, -0.2) is 12.7 Å². The van der Waals surface area contributed by atoms with Crippen molar-refractivity contribution in [2.24, 2.45) is 4.99 Å². The summed E-state index contributed by atoms with van der Waals surface area (Å²) < 4.78 is 26.1. The highest BCUT2D eigenvalue weighted by Crippen LogP contribution is 2.12. The molecule has 8 heteroatoms. The minimum atomic E-state index is -3.18. The average Bonchev–Trinajstić information content (AvgIpc) is 2.59. The van der Waals surface area contributed by atoms with Gasteiger partial charge in [0.2, 0.25) is 10.0 Å². The van der Waals surface area contributed by atoms with E-state index in [0.29, 0.717) is 32.1 Å². The van der Waals surface area contributed by atoms with E-state index >= 15 is 0 Å². The van der Waals surface area contributed by atoms with E-state index in [-0.39, 0.29) is 5.75 Å². The van der Waals surface area contributed by atoms with E-state index in [0.717, 1.165) is 17.1 Å². The summed E-state index contributed by atoms with van der Waals surface area (Å²) in [7, 11) is -1.50. The summed E-state index contributed by atoms with van der Waals surface area (Å²) >= 11 is 1.80. The summed E-state index contributed by atoms with van der Waals surface area (Å²) in [4.78, 5) is 4.12. The number of aliphatic imine (C=N–C) groups is 1. The van der Waals surface area contributed by atoms with Gasteiger partial charge in [0.15, 0.2) is 5.96 Å². The topological polar surface area (TPSA) is 73.8 Å². The van der Waals surface area contributed by atoms with Crippen LogP contribution in [0, 0.1) is 0 Å². The highest BCUT2D eigenvalue weighted by atomic mass is 32.2. The average molecular weight is 357 g/mol. The zero-order valence-electron chi connectivity index (χ0n) is 13.4. The molecule has 1 heterocycles. The Hall–Kier alpha value is -1.25. The van der Waals surface area contributed by atoms with Gasteiger partial charge in [-0.2, -0.15) is 11.8 Å². The summed E-state index contributed by atoms with van der Waals surface area (Å²) in [6.45, 7) is 2.24. The van der Waals surface area contributed by atoms with E-state index in [1.807, 2.05) is 30.3 Å². The molecule has 1 aromatic rings. The second-order valence-corrected chi connectivity index (χ2v) is 8.48. The second-order valence-electron chi connectivity index (χ2n) is 5.17. The van der Waals surface area contributed by atoms with Crippen LogP contribution in [-0.4, -0.2) is 62.6 Å². The fraction of sp³-hybridized carbons (Fsp3) is 0.533. The van der Waals surface area contributed by atoms with E-state index in [1.54, 1.807) is 23.1 Å². The van der Waals surface area contributed by atoms with Crippen LogP contribution in [0.5, 0.6) is 0 Å². The Morgan fingerprint density at radius 3 is 2.57 bits per heavy atom. The van der Waals surface area contributed by atoms with Crippen molar-refractivity contribution in [3.63, 3.8) is 0 Å². The number of nitrogens with zero attached hydrogens (tertiary/aromatic N) is 2. The molecule has 0 amide bonds. The monoisotopic (exact) mass is 356 g/mol. The largest absolute Gasteiger partial charge is 0.355 e. The van der Waals surface area contributed by atoms with Gasteiger partial charge in [-0.1, -0.05) is 30.3 Å². The molecule has 1 saturated heterocycles. The van der Waals surface area contributed by atoms with Crippen molar-refractivity contribution >= 4 is 27.7 Å². The highest BCUT2D eigenvalue weighted by Gasteiger charge is 2.23. The van der Waals surface area contributed by atoms with Gasteiger partial charge in [-0.3, -0.25) is 4.99 Å². The fourth-order valence-corrected chi connectivity index (χ4v) is 4.75. The van der Waals surface area contributed by atoms with Gasteiger partial charge < -0.3 is 10.6 Å². The third-order valence-electron chi connectivity index (χ3n) is 3.54. The Kier molecular flexibility index (Phi) is 7.19. The summed E-state index contributed by atoms with van der Waals surface area (Å²) in [6.07, 6.45) is 0. The minimum absolute atomic E-state index is 0.0870. The van der Waals surface area contributed by atoms with Gasteiger partial charge in [-0.05, 0) is 5.56 Å². The zero-order chi connectivity index (χ0) is 16.5. The van der Waals surface area contributed by atoms with Gasteiger partial charge in [0.25, 0.3) is 0 Å². The first-order valence-corrected chi connectivity index (χ1v) is 10.4. The van der Waals surface area contributed by atoms with Gasteiger partial charge in [0.1, 0.15) is 0 Å². The van der Waals surface area contributed by atoms with Crippen LogP contribution in [0.25, 0.3) is 0 Å². The lowest BCUT2D eigenvalue weighted by Crippen LogP contribution is -2.44. The van der Waals surface area contributed by atoms with E-state index in [2.05, 4.69) is 15.6 Å². The van der Waals surface area contributed by atoms with E-state index in [1.165, 1.54) is 0 Å². The number of rotatable bonds is 6. The van der Waals surface area contributed by atoms with Gasteiger partial charge in [-0.15, -0.1) is 0 Å². The van der Waals surface area contributed by atoms with Crippen molar-refractivity contribution in [2.75, 3.05) is 43.9 Å².